The van der Waals surface area contributed by atoms with Gasteiger partial charge in [0, 0.05) is 22.7 Å². The lowest BCUT2D eigenvalue weighted by molar-refractivity contribution is -0.0500. The second kappa shape index (κ2) is 7.12. The summed E-state index contributed by atoms with van der Waals surface area (Å²) in [7, 11) is -5.85. The summed E-state index contributed by atoms with van der Waals surface area (Å²) in [6.45, 7) is 5.15. The molecule has 0 aliphatic rings. The van der Waals surface area contributed by atoms with Gasteiger partial charge in [-0.25, -0.2) is 4.79 Å². The van der Waals surface area contributed by atoms with Gasteiger partial charge >= 0.3 is 21.7 Å². The van der Waals surface area contributed by atoms with E-state index >= 15 is 0 Å². The largest absolute Gasteiger partial charge is 0.534 e. The molecule has 0 unspecified atom stereocenters. The SMILES string of the molecule is CC(C)(C)OC(=O)NCc1cc2cc(Cl)c(OS(=O)(=O)C(F)(F)F)cc2[nH]1. The van der Waals surface area contributed by atoms with E-state index in [9.17, 15) is 26.4 Å². The molecular weight excluding hydrogens is 413 g/mol. The van der Waals surface area contributed by atoms with Crippen LogP contribution in [0, 0.1) is 0 Å². The number of carbonyl (C=O) groups is 1. The molecule has 12 heteroatoms. The lowest BCUT2D eigenvalue weighted by Gasteiger charge is -2.19. The van der Waals surface area contributed by atoms with E-state index in [1.165, 1.54) is 6.07 Å². The smallest absolute Gasteiger partial charge is 0.444 e. The molecule has 1 heterocycles. The van der Waals surface area contributed by atoms with Gasteiger partial charge in [0.1, 0.15) is 5.60 Å². The normalized spacial score (nSPS) is 12.9. The summed E-state index contributed by atoms with van der Waals surface area (Å²) in [6, 6.07) is 3.85. The zero-order chi connectivity index (χ0) is 20.6. The molecule has 27 heavy (non-hydrogen) atoms. The van der Waals surface area contributed by atoms with Gasteiger partial charge in [-0.1, -0.05) is 11.6 Å². The van der Waals surface area contributed by atoms with Gasteiger partial charge in [0.2, 0.25) is 0 Å². The zero-order valence-electron chi connectivity index (χ0n) is 14.4. The van der Waals surface area contributed by atoms with Crippen LogP contribution in [0.3, 0.4) is 0 Å². The highest BCUT2D eigenvalue weighted by Crippen LogP contribution is 2.34. The lowest BCUT2D eigenvalue weighted by atomic mass is 10.2. The van der Waals surface area contributed by atoms with E-state index in [1.54, 1.807) is 26.8 Å². The molecule has 2 aromatic rings. The summed E-state index contributed by atoms with van der Waals surface area (Å²) in [5.41, 5.74) is -5.49. The van der Waals surface area contributed by atoms with Crippen molar-refractivity contribution in [1.29, 1.82) is 0 Å². The molecule has 150 valence electrons. The number of H-pyrrole nitrogens is 1. The molecule has 0 radical (unpaired) electrons. The van der Waals surface area contributed by atoms with Crippen LogP contribution in [-0.2, 0) is 21.4 Å². The monoisotopic (exact) mass is 428 g/mol. The number of hydrogen-bond acceptors (Lipinski definition) is 5. The average Bonchev–Trinajstić information content (AvgIpc) is 2.84. The van der Waals surface area contributed by atoms with Crippen molar-refractivity contribution in [3.05, 3.63) is 28.9 Å². The number of alkyl halides is 3. The fraction of sp³-hybridized carbons (Fsp3) is 0.400. The molecule has 0 aliphatic heterocycles. The van der Waals surface area contributed by atoms with Crippen LogP contribution in [0.1, 0.15) is 26.5 Å². The molecule has 1 aromatic heterocycles. The van der Waals surface area contributed by atoms with E-state index in [4.69, 9.17) is 16.3 Å². The Morgan fingerprint density at radius 3 is 2.41 bits per heavy atom. The van der Waals surface area contributed by atoms with Crippen LogP contribution < -0.4 is 9.50 Å². The minimum atomic E-state index is -5.85. The zero-order valence-corrected chi connectivity index (χ0v) is 16.0. The van der Waals surface area contributed by atoms with E-state index in [0.717, 1.165) is 6.07 Å². The molecule has 0 bridgehead atoms. The van der Waals surface area contributed by atoms with Gasteiger partial charge in [-0.2, -0.15) is 21.6 Å². The molecule has 1 aromatic carbocycles. The van der Waals surface area contributed by atoms with E-state index in [-0.39, 0.29) is 17.1 Å². The van der Waals surface area contributed by atoms with Gasteiger partial charge in [-0.15, -0.1) is 0 Å². The van der Waals surface area contributed by atoms with E-state index in [2.05, 4.69) is 14.5 Å². The van der Waals surface area contributed by atoms with Crippen LogP contribution in [0.2, 0.25) is 5.02 Å². The van der Waals surface area contributed by atoms with Crippen molar-refractivity contribution in [3.8, 4) is 5.75 Å². The number of amides is 1. The molecule has 0 fully saturated rings. The number of alkyl carbamates (subject to hydrolysis) is 1. The second-order valence-corrected chi connectivity index (χ2v) is 8.45. The van der Waals surface area contributed by atoms with E-state index < -0.39 is 33.1 Å². The summed E-state index contributed by atoms with van der Waals surface area (Å²) in [5.74, 6) is -0.671. The van der Waals surface area contributed by atoms with Gasteiger partial charge in [0.15, 0.2) is 5.75 Å². The Bertz CT molecular complexity index is 964. The minimum Gasteiger partial charge on any atom is -0.444 e. The average molecular weight is 429 g/mol. The van der Waals surface area contributed by atoms with E-state index in [1.807, 2.05) is 0 Å². The molecule has 0 saturated heterocycles. The van der Waals surface area contributed by atoms with Gasteiger partial charge < -0.3 is 19.2 Å². The van der Waals surface area contributed by atoms with Crippen LogP contribution in [-0.4, -0.2) is 30.6 Å². The van der Waals surface area contributed by atoms with Crippen LogP contribution in [0.15, 0.2) is 18.2 Å². The predicted octanol–water partition coefficient (Wildman–Crippen LogP) is 4.07. The molecule has 2 rings (SSSR count). The summed E-state index contributed by atoms with van der Waals surface area (Å²) >= 11 is 5.81. The summed E-state index contributed by atoms with van der Waals surface area (Å²) in [6.07, 6.45) is -0.653. The summed E-state index contributed by atoms with van der Waals surface area (Å²) < 4.78 is 68.8. The number of halogens is 4. The van der Waals surface area contributed by atoms with Crippen molar-refractivity contribution in [2.45, 2.75) is 38.4 Å². The van der Waals surface area contributed by atoms with Crippen molar-refractivity contribution in [1.82, 2.24) is 10.3 Å². The third kappa shape index (κ3) is 5.42. The molecule has 2 N–H and O–H groups in total. The maximum atomic E-state index is 12.4. The number of benzene rings is 1. The van der Waals surface area contributed by atoms with Crippen LogP contribution in [0.4, 0.5) is 18.0 Å². The summed E-state index contributed by atoms with van der Waals surface area (Å²) in [5, 5.41) is 2.67. The quantitative estimate of drug-likeness (QED) is 0.565. The molecule has 7 nitrogen and oxygen atoms in total. The number of ether oxygens (including phenoxy) is 1. The Kier molecular flexibility index (Phi) is 5.58. The fourth-order valence-corrected chi connectivity index (χ4v) is 2.72. The second-order valence-electron chi connectivity index (χ2n) is 6.50. The van der Waals surface area contributed by atoms with E-state index in [0.29, 0.717) is 11.1 Å². The first kappa shape index (κ1) is 21.2. The summed E-state index contributed by atoms with van der Waals surface area (Å²) in [4.78, 5) is 14.5. The van der Waals surface area contributed by atoms with Crippen molar-refractivity contribution in [2.75, 3.05) is 0 Å². The maximum Gasteiger partial charge on any atom is 0.534 e. The number of aromatic nitrogens is 1. The Balaban J connectivity index is 2.20. The Morgan fingerprint density at radius 1 is 1.22 bits per heavy atom. The Morgan fingerprint density at radius 2 is 1.85 bits per heavy atom. The van der Waals surface area contributed by atoms with Gasteiger partial charge in [-0.05, 0) is 32.9 Å². The molecule has 0 spiro atoms. The third-order valence-electron chi connectivity index (χ3n) is 3.03. The molecule has 1 amide bonds. The third-order valence-corrected chi connectivity index (χ3v) is 4.30. The highest BCUT2D eigenvalue weighted by molar-refractivity contribution is 7.88. The van der Waals surface area contributed by atoms with Crippen LogP contribution >= 0.6 is 11.6 Å². The lowest BCUT2D eigenvalue weighted by Crippen LogP contribution is -2.32. The minimum absolute atomic E-state index is 0.0399. The fourth-order valence-electron chi connectivity index (χ4n) is 2.00. The van der Waals surface area contributed by atoms with Crippen LogP contribution in [0.5, 0.6) is 5.75 Å². The first-order valence-electron chi connectivity index (χ1n) is 7.47. The maximum absolute atomic E-state index is 12.4. The predicted molar refractivity (Wildman–Crippen MR) is 92.0 cm³/mol. The number of fused-ring (bicyclic) bond motifs is 1. The first-order chi connectivity index (χ1) is 12.2. The van der Waals surface area contributed by atoms with Crippen molar-refractivity contribution < 1.29 is 35.3 Å². The number of carbonyl (C=O) groups excluding carboxylic acids is 1. The van der Waals surface area contributed by atoms with Crippen molar-refractivity contribution in [2.24, 2.45) is 0 Å². The molecule has 0 atom stereocenters. The van der Waals surface area contributed by atoms with Crippen LogP contribution in [0.25, 0.3) is 10.9 Å². The first-order valence-corrected chi connectivity index (χ1v) is 9.25. The highest BCUT2D eigenvalue weighted by atomic mass is 35.5. The van der Waals surface area contributed by atoms with Gasteiger partial charge in [0.05, 0.1) is 11.6 Å². The van der Waals surface area contributed by atoms with Gasteiger partial charge in [0.25, 0.3) is 0 Å². The Labute approximate surface area is 157 Å². The van der Waals surface area contributed by atoms with Gasteiger partial charge in [-0.3, -0.25) is 0 Å². The highest BCUT2D eigenvalue weighted by Gasteiger charge is 2.48. The number of aromatic amines is 1. The Hall–Kier alpha value is -2.14. The van der Waals surface area contributed by atoms with Crippen molar-refractivity contribution >= 4 is 38.7 Å². The number of nitrogens with one attached hydrogen (secondary N) is 2. The molecule has 0 saturated carbocycles. The van der Waals surface area contributed by atoms with Crippen molar-refractivity contribution in [3.63, 3.8) is 0 Å². The molecule has 0 aliphatic carbocycles. The topological polar surface area (TPSA) is 97.5 Å². The number of rotatable bonds is 4. The number of hydrogen-bond donors (Lipinski definition) is 2. The molecular formula is C15H16ClF3N2O5S. The standard InChI is InChI=1S/C15H16ClF3N2O5S/c1-14(2,3)25-13(22)20-7-9-4-8-5-10(16)12(6-11(8)21-9)26-27(23,24)15(17,18)19/h4-6,21H,7H2,1-3H3,(H,20,22).